The number of ether oxygens (including phenoxy) is 4. The molecule has 0 radical (unpaired) electrons. The van der Waals surface area contributed by atoms with E-state index in [0.29, 0.717) is 39.3 Å². The van der Waals surface area contributed by atoms with E-state index >= 15 is 0 Å². The van der Waals surface area contributed by atoms with Gasteiger partial charge in [-0.25, -0.2) is 9.59 Å². The van der Waals surface area contributed by atoms with Crippen molar-refractivity contribution in [3.05, 3.63) is 52.9 Å². The smallest absolute Gasteiger partial charge is 0.346 e. The molecule has 1 heterocycles. The topological polar surface area (TPSA) is 84.2 Å². The van der Waals surface area contributed by atoms with Gasteiger partial charge in [0.15, 0.2) is 17.6 Å². The maximum Gasteiger partial charge on any atom is 0.346 e. The van der Waals surface area contributed by atoms with Gasteiger partial charge in [-0.2, -0.15) is 0 Å². The molecule has 2 aromatic carbocycles. The molecule has 7 heteroatoms. The summed E-state index contributed by atoms with van der Waals surface area (Å²) >= 11 is 0. The zero-order valence-electron chi connectivity index (χ0n) is 16.0. The van der Waals surface area contributed by atoms with Crippen molar-refractivity contribution < 1.29 is 28.2 Å². The van der Waals surface area contributed by atoms with Crippen LogP contribution in [0.1, 0.15) is 6.92 Å². The van der Waals surface area contributed by atoms with Gasteiger partial charge in [-0.15, -0.1) is 0 Å². The highest BCUT2D eigenvalue weighted by atomic mass is 16.6. The summed E-state index contributed by atoms with van der Waals surface area (Å²) < 4.78 is 26.1. The van der Waals surface area contributed by atoms with E-state index in [0.717, 1.165) is 0 Å². The van der Waals surface area contributed by atoms with Crippen molar-refractivity contribution in [2.75, 3.05) is 21.3 Å². The van der Waals surface area contributed by atoms with Gasteiger partial charge in [-0.05, 0) is 42.8 Å². The predicted octanol–water partition coefficient (Wildman–Crippen LogP) is 3.42. The minimum absolute atomic E-state index is 0.351. The molecule has 0 aliphatic heterocycles. The number of methoxy groups -OCH3 is 3. The number of rotatable bonds is 6. The van der Waals surface area contributed by atoms with E-state index in [1.807, 2.05) is 0 Å². The maximum absolute atomic E-state index is 12.5. The fraction of sp³-hybridized carbons (Fsp3) is 0.238. The van der Waals surface area contributed by atoms with Crippen LogP contribution in [0.25, 0.3) is 22.1 Å². The molecule has 146 valence electrons. The summed E-state index contributed by atoms with van der Waals surface area (Å²) in [6, 6.07) is 11.9. The number of hydrogen-bond donors (Lipinski definition) is 0. The zero-order valence-corrected chi connectivity index (χ0v) is 16.0. The predicted molar refractivity (Wildman–Crippen MR) is 103 cm³/mol. The van der Waals surface area contributed by atoms with Crippen molar-refractivity contribution in [3.63, 3.8) is 0 Å². The van der Waals surface area contributed by atoms with Crippen molar-refractivity contribution >= 4 is 16.9 Å². The quantitative estimate of drug-likeness (QED) is 0.476. The van der Waals surface area contributed by atoms with Crippen LogP contribution in [-0.2, 0) is 9.53 Å². The van der Waals surface area contributed by atoms with E-state index in [1.54, 1.807) is 56.5 Å². The summed E-state index contributed by atoms with van der Waals surface area (Å²) in [6.07, 6.45) is -0.778. The minimum Gasteiger partial charge on any atom is -0.493 e. The standard InChI is InChI=1S/C21H20O7/c1-12(20(22)26-4)27-15-7-5-14-9-16(21(23)28-18(14)11-15)13-6-8-17(24-2)19(10-13)25-3/h5-12H,1-4H3. The van der Waals surface area contributed by atoms with Crippen LogP contribution in [0.5, 0.6) is 17.2 Å². The van der Waals surface area contributed by atoms with Gasteiger partial charge in [-0.3, -0.25) is 0 Å². The molecule has 28 heavy (non-hydrogen) atoms. The highest BCUT2D eigenvalue weighted by molar-refractivity contribution is 5.83. The van der Waals surface area contributed by atoms with Crippen molar-refractivity contribution in [2.45, 2.75) is 13.0 Å². The number of carbonyl (C=O) groups excluding carboxylic acids is 1. The third-order valence-electron chi connectivity index (χ3n) is 4.25. The lowest BCUT2D eigenvalue weighted by Gasteiger charge is -2.13. The van der Waals surface area contributed by atoms with Crippen LogP contribution in [0, 0.1) is 0 Å². The molecule has 1 atom stereocenters. The first-order valence-corrected chi connectivity index (χ1v) is 8.51. The summed E-state index contributed by atoms with van der Waals surface area (Å²) in [5.74, 6) is 0.982. The summed E-state index contributed by atoms with van der Waals surface area (Å²) in [5, 5.41) is 0.711. The Morgan fingerprint density at radius 3 is 2.39 bits per heavy atom. The van der Waals surface area contributed by atoms with Gasteiger partial charge in [0.1, 0.15) is 11.3 Å². The molecule has 1 unspecified atom stereocenters. The lowest BCUT2D eigenvalue weighted by molar-refractivity contribution is -0.147. The molecule has 0 aliphatic rings. The van der Waals surface area contributed by atoms with Crippen LogP contribution in [0.2, 0.25) is 0 Å². The Labute approximate surface area is 161 Å². The van der Waals surface area contributed by atoms with Gasteiger partial charge in [0.2, 0.25) is 0 Å². The van der Waals surface area contributed by atoms with Gasteiger partial charge in [-0.1, -0.05) is 6.07 Å². The molecule has 3 rings (SSSR count). The summed E-state index contributed by atoms with van der Waals surface area (Å²) in [5.41, 5.74) is 0.889. The molecule has 0 fully saturated rings. The Hall–Kier alpha value is -3.48. The lowest BCUT2D eigenvalue weighted by Crippen LogP contribution is -2.24. The van der Waals surface area contributed by atoms with Crippen molar-refractivity contribution in [2.24, 2.45) is 0 Å². The average Bonchev–Trinajstić information content (AvgIpc) is 2.71. The SMILES string of the molecule is COC(=O)C(C)Oc1ccc2cc(-c3ccc(OC)c(OC)c3)c(=O)oc2c1. The number of hydrogen-bond acceptors (Lipinski definition) is 7. The number of carbonyl (C=O) groups is 1. The van der Waals surface area contributed by atoms with E-state index in [4.69, 9.17) is 18.6 Å². The third kappa shape index (κ3) is 3.78. The zero-order chi connectivity index (χ0) is 20.3. The first-order chi connectivity index (χ1) is 13.5. The largest absolute Gasteiger partial charge is 0.493 e. The van der Waals surface area contributed by atoms with Gasteiger partial charge < -0.3 is 23.4 Å². The highest BCUT2D eigenvalue weighted by Crippen LogP contribution is 2.32. The normalized spacial score (nSPS) is 11.7. The second kappa shape index (κ2) is 8.04. The van der Waals surface area contributed by atoms with Crippen LogP contribution in [0.15, 0.2) is 51.7 Å². The molecular weight excluding hydrogens is 364 g/mol. The molecule has 0 saturated heterocycles. The van der Waals surface area contributed by atoms with E-state index in [-0.39, 0.29) is 0 Å². The van der Waals surface area contributed by atoms with E-state index in [1.165, 1.54) is 14.2 Å². The lowest BCUT2D eigenvalue weighted by atomic mass is 10.1. The second-order valence-electron chi connectivity index (χ2n) is 6.00. The Balaban J connectivity index is 1.99. The summed E-state index contributed by atoms with van der Waals surface area (Å²) in [7, 11) is 4.36. The van der Waals surface area contributed by atoms with Gasteiger partial charge in [0, 0.05) is 11.5 Å². The van der Waals surface area contributed by atoms with E-state index in [9.17, 15) is 9.59 Å². The van der Waals surface area contributed by atoms with Crippen LogP contribution in [0.3, 0.4) is 0 Å². The van der Waals surface area contributed by atoms with Gasteiger partial charge >= 0.3 is 11.6 Å². The maximum atomic E-state index is 12.5. The monoisotopic (exact) mass is 384 g/mol. The van der Waals surface area contributed by atoms with Crippen LogP contribution in [-0.4, -0.2) is 33.4 Å². The molecule has 0 saturated carbocycles. The fourth-order valence-corrected chi connectivity index (χ4v) is 2.79. The number of benzene rings is 2. The van der Waals surface area contributed by atoms with Crippen molar-refractivity contribution in [3.8, 4) is 28.4 Å². The molecule has 0 bridgehead atoms. The molecule has 3 aromatic rings. The van der Waals surface area contributed by atoms with Crippen LogP contribution in [0.4, 0.5) is 0 Å². The first-order valence-electron chi connectivity index (χ1n) is 8.51. The fourth-order valence-electron chi connectivity index (χ4n) is 2.79. The van der Waals surface area contributed by atoms with Crippen LogP contribution >= 0.6 is 0 Å². The summed E-state index contributed by atoms with van der Waals surface area (Å²) in [6.45, 7) is 1.58. The molecule has 0 spiro atoms. The van der Waals surface area contributed by atoms with Crippen LogP contribution < -0.4 is 19.8 Å². The highest BCUT2D eigenvalue weighted by Gasteiger charge is 2.16. The van der Waals surface area contributed by atoms with Crippen molar-refractivity contribution in [1.82, 2.24) is 0 Å². The molecule has 0 N–H and O–H groups in total. The molecule has 1 aromatic heterocycles. The average molecular weight is 384 g/mol. The van der Waals surface area contributed by atoms with Crippen molar-refractivity contribution in [1.29, 1.82) is 0 Å². The van der Waals surface area contributed by atoms with Gasteiger partial charge in [0.05, 0.1) is 26.9 Å². The van der Waals surface area contributed by atoms with Gasteiger partial charge in [0.25, 0.3) is 0 Å². The number of esters is 1. The summed E-state index contributed by atoms with van der Waals surface area (Å²) in [4.78, 5) is 24.0. The molecular formula is C21H20O7. The Morgan fingerprint density at radius 1 is 0.964 bits per heavy atom. The number of fused-ring (bicyclic) bond motifs is 1. The van der Waals surface area contributed by atoms with E-state index in [2.05, 4.69) is 4.74 Å². The van der Waals surface area contributed by atoms with E-state index < -0.39 is 17.7 Å². The molecule has 0 aliphatic carbocycles. The Morgan fingerprint density at radius 2 is 1.71 bits per heavy atom. The minimum atomic E-state index is -0.778. The Bertz CT molecular complexity index is 1070. The molecule has 7 nitrogen and oxygen atoms in total. The first kappa shape index (κ1) is 19.3. The second-order valence-corrected chi connectivity index (χ2v) is 6.00. The molecule has 0 amide bonds. The third-order valence-corrected chi connectivity index (χ3v) is 4.25. The Kier molecular flexibility index (Phi) is 5.54.